The number of H-pyrrole nitrogens is 2. The lowest BCUT2D eigenvalue weighted by Gasteiger charge is -2.03. The van der Waals surface area contributed by atoms with Crippen molar-refractivity contribution in [2.24, 2.45) is 0 Å². The van der Waals surface area contributed by atoms with E-state index < -0.39 is 5.97 Å². The van der Waals surface area contributed by atoms with Gasteiger partial charge in [-0.1, -0.05) is 0 Å². The molecule has 0 aliphatic heterocycles. The van der Waals surface area contributed by atoms with E-state index in [0.29, 0.717) is 0 Å². The third kappa shape index (κ3) is 1.57. The van der Waals surface area contributed by atoms with Crippen LogP contribution in [0.2, 0.25) is 0 Å². The summed E-state index contributed by atoms with van der Waals surface area (Å²) < 4.78 is 0. The maximum atomic E-state index is 10.9. The van der Waals surface area contributed by atoms with Crippen LogP contribution in [0.3, 0.4) is 0 Å². The topological polar surface area (TPSA) is 81.8 Å². The maximum absolute atomic E-state index is 10.9. The van der Waals surface area contributed by atoms with Crippen LogP contribution in [0, 0.1) is 6.92 Å². The Morgan fingerprint density at radius 3 is 2.89 bits per heavy atom. The van der Waals surface area contributed by atoms with Gasteiger partial charge in [-0.25, -0.2) is 4.79 Å². The van der Waals surface area contributed by atoms with Crippen LogP contribution in [-0.2, 0) is 0 Å². The maximum Gasteiger partial charge on any atom is 0.352 e. The number of nitrogens with zero attached hydrogens (tertiary/aromatic N) is 1. The van der Waals surface area contributed by atoms with Crippen molar-refractivity contribution >= 4 is 16.9 Å². The first-order valence-corrected chi connectivity index (χ1v) is 5.51. The molecule has 1 aromatic carbocycles. The normalized spacial score (nSPS) is 10.9. The molecule has 0 radical (unpaired) electrons. The predicted octanol–water partition coefficient (Wildman–Crippen LogP) is 2.56. The van der Waals surface area contributed by atoms with Gasteiger partial charge in [0.2, 0.25) is 0 Å². The van der Waals surface area contributed by atoms with Gasteiger partial charge in [0.1, 0.15) is 5.69 Å². The Morgan fingerprint density at radius 1 is 1.33 bits per heavy atom. The van der Waals surface area contributed by atoms with E-state index in [1.54, 1.807) is 18.3 Å². The molecular weight excluding hydrogens is 230 g/mol. The number of rotatable bonds is 2. The molecule has 0 aliphatic rings. The molecule has 0 saturated carbocycles. The van der Waals surface area contributed by atoms with Crippen molar-refractivity contribution in [1.82, 2.24) is 15.2 Å². The number of aromatic amines is 2. The number of carboxylic acids is 1. The highest BCUT2D eigenvalue weighted by Gasteiger charge is 2.10. The van der Waals surface area contributed by atoms with E-state index in [9.17, 15) is 4.79 Å². The van der Waals surface area contributed by atoms with Crippen molar-refractivity contribution in [2.45, 2.75) is 6.92 Å². The van der Waals surface area contributed by atoms with Gasteiger partial charge in [0.15, 0.2) is 0 Å². The Kier molecular flexibility index (Phi) is 2.19. The van der Waals surface area contributed by atoms with Crippen molar-refractivity contribution in [1.29, 1.82) is 0 Å². The Labute approximate surface area is 102 Å². The second kappa shape index (κ2) is 3.73. The molecule has 0 spiro atoms. The van der Waals surface area contributed by atoms with Crippen molar-refractivity contribution in [3.63, 3.8) is 0 Å². The van der Waals surface area contributed by atoms with Gasteiger partial charge in [-0.05, 0) is 36.8 Å². The summed E-state index contributed by atoms with van der Waals surface area (Å²) in [6.07, 6.45) is 1.75. The summed E-state index contributed by atoms with van der Waals surface area (Å²) in [6.45, 7) is 1.98. The van der Waals surface area contributed by atoms with Gasteiger partial charge < -0.3 is 10.1 Å². The molecule has 3 N–H and O–H groups in total. The minimum Gasteiger partial charge on any atom is -0.477 e. The van der Waals surface area contributed by atoms with E-state index in [1.807, 2.05) is 19.1 Å². The minimum atomic E-state index is -0.955. The number of carboxylic acid groups (broad SMARTS) is 1. The SMILES string of the molecule is Cc1cc2[nH]ncc2cc1-c1ccc(C(=O)O)[nH]1. The number of aromatic carboxylic acids is 1. The molecule has 0 saturated heterocycles. The Balaban J connectivity index is 2.17. The molecule has 0 unspecified atom stereocenters. The van der Waals surface area contributed by atoms with Gasteiger partial charge >= 0.3 is 5.97 Å². The van der Waals surface area contributed by atoms with Crippen LogP contribution in [0.1, 0.15) is 16.1 Å². The number of aromatic nitrogens is 3. The zero-order chi connectivity index (χ0) is 12.7. The zero-order valence-electron chi connectivity index (χ0n) is 9.69. The molecule has 0 aliphatic carbocycles. The highest BCUT2D eigenvalue weighted by atomic mass is 16.4. The summed E-state index contributed by atoms with van der Waals surface area (Å²) >= 11 is 0. The highest BCUT2D eigenvalue weighted by molar-refractivity contribution is 5.89. The fourth-order valence-electron chi connectivity index (χ4n) is 2.07. The van der Waals surface area contributed by atoms with Gasteiger partial charge in [-0.3, -0.25) is 5.10 Å². The van der Waals surface area contributed by atoms with Crippen LogP contribution in [0.15, 0.2) is 30.5 Å². The van der Waals surface area contributed by atoms with Crippen LogP contribution >= 0.6 is 0 Å². The molecule has 18 heavy (non-hydrogen) atoms. The first kappa shape index (κ1) is 10.6. The zero-order valence-corrected chi connectivity index (χ0v) is 9.69. The van der Waals surface area contributed by atoms with E-state index in [-0.39, 0.29) is 5.69 Å². The van der Waals surface area contributed by atoms with E-state index >= 15 is 0 Å². The van der Waals surface area contributed by atoms with Gasteiger partial charge in [-0.15, -0.1) is 0 Å². The minimum absolute atomic E-state index is 0.191. The van der Waals surface area contributed by atoms with Crippen molar-refractivity contribution in [2.75, 3.05) is 0 Å². The molecule has 3 rings (SSSR count). The number of nitrogens with one attached hydrogen (secondary N) is 2. The fraction of sp³-hybridized carbons (Fsp3) is 0.0769. The van der Waals surface area contributed by atoms with Gasteiger partial charge in [-0.2, -0.15) is 5.10 Å². The average molecular weight is 241 g/mol. The number of aryl methyl sites for hydroxylation is 1. The predicted molar refractivity (Wildman–Crippen MR) is 67.6 cm³/mol. The van der Waals surface area contributed by atoms with Crippen molar-refractivity contribution in [3.8, 4) is 11.3 Å². The molecule has 5 nitrogen and oxygen atoms in total. The van der Waals surface area contributed by atoms with Crippen LogP contribution < -0.4 is 0 Å². The number of benzene rings is 1. The Hall–Kier alpha value is -2.56. The first-order chi connectivity index (χ1) is 8.65. The van der Waals surface area contributed by atoms with E-state index in [2.05, 4.69) is 15.2 Å². The summed E-state index contributed by atoms with van der Waals surface area (Å²) in [5.41, 5.74) is 4.01. The summed E-state index contributed by atoms with van der Waals surface area (Å²) in [6, 6.07) is 7.33. The lowest BCUT2D eigenvalue weighted by Crippen LogP contribution is -1.95. The van der Waals surface area contributed by atoms with Gasteiger partial charge in [0.05, 0.1) is 11.7 Å². The monoisotopic (exact) mass is 241 g/mol. The molecule has 0 fully saturated rings. The molecule has 5 heteroatoms. The van der Waals surface area contributed by atoms with Crippen molar-refractivity contribution in [3.05, 3.63) is 41.7 Å². The van der Waals surface area contributed by atoms with E-state index in [0.717, 1.165) is 27.7 Å². The third-order valence-corrected chi connectivity index (χ3v) is 2.99. The summed E-state index contributed by atoms with van der Waals surface area (Å²) in [7, 11) is 0. The summed E-state index contributed by atoms with van der Waals surface area (Å²) in [5, 5.41) is 16.8. The van der Waals surface area contributed by atoms with Crippen LogP contribution in [-0.4, -0.2) is 26.3 Å². The molecule has 0 amide bonds. The molecule has 2 aromatic heterocycles. The molecule has 0 atom stereocenters. The Bertz CT molecular complexity index is 740. The standard InChI is InChI=1S/C13H11N3O2/c1-7-4-12-8(6-14-16-12)5-9(7)10-2-3-11(15-10)13(17)18/h2-6,15H,1H3,(H,14,16)(H,17,18). The van der Waals surface area contributed by atoms with Crippen LogP contribution in [0.25, 0.3) is 22.2 Å². The molecule has 3 aromatic rings. The number of fused-ring (bicyclic) bond motifs is 1. The summed E-state index contributed by atoms with van der Waals surface area (Å²) in [5.74, 6) is -0.955. The van der Waals surface area contributed by atoms with Crippen molar-refractivity contribution < 1.29 is 9.90 Å². The first-order valence-electron chi connectivity index (χ1n) is 5.51. The van der Waals surface area contributed by atoms with Crippen LogP contribution in [0.5, 0.6) is 0 Å². The van der Waals surface area contributed by atoms with E-state index in [1.165, 1.54) is 0 Å². The second-order valence-electron chi connectivity index (χ2n) is 4.22. The Morgan fingerprint density at radius 2 is 2.17 bits per heavy atom. The molecule has 90 valence electrons. The smallest absolute Gasteiger partial charge is 0.352 e. The summed E-state index contributed by atoms with van der Waals surface area (Å²) in [4.78, 5) is 13.8. The van der Waals surface area contributed by atoms with Gasteiger partial charge in [0, 0.05) is 16.6 Å². The number of hydrogen-bond acceptors (Lipinski definition) is 2. The van der Waals surface area contributed by atoms with Gasteiger partial charge in [0.25, 0.3) is 0 Å². The fourth-order valence-corrected chi connectivity index (χ4v) is 2.07. The lowest BCUT2D eigenvalue weighted by molar-refractivity contribution is 0.0691. The highest BCUT2D eigenvalue weighted by Crippen LogP contribution is 2.26. The largest absolute Gasteiger partial charge is 0.477 e. The third-order valence-electron chi connectivity index (χ3n) is 2.99. The quantitative estimate of drug-likeness (QED) is 0.644. The second-order valence-corrected chi connectivity index (χ2v) is 4.22. The lowest BCUT2D eigenvalue weighted by atomic mass is 10.0. The average Bonchev–Trinajstić information content (AvgIpc) is 2.94. The number of carbonyl (C=O) groups is 1. The van der Waals surface area contributed by atoms with Crippen LogP contribution in [0.4, 0.5) is 0 Å². The molecule has 0 bridgehead atoms. The van der Waals surface area contributed by atoms with E-state index in [4.69, 9.17) is 5.11 Å². The molecular formula is C13H11N3O2. The molecule has 2 heterocycles. The number of hydrogen-bond donors (Lipinski definition) is 3.